The van der Waals surface area contributed by atoms with Crippen LogP contribution in [0.1, 0.15) is 28.8 Å². The normalized spacial score (nSPS) is 17.4. The number of amides is 1. The van der Waals surface area contributed by atoms with Crippen molar-refractivity contribution in [3.63, 3.8) is 0 Å². The predicted molar refractivity (Wildman–Crippen MR) is 132 cm³/mol. The third-order valence-electron chi connectivity index (χ3n) is 6.92. The van der Waals surface area contributed by atoms with Crippen molar-refractivity contribution in [2.45, 2.75) is 19.8 Å². The molecule has 2 aliphatic heterocycles. The lowest BCUT2D eigenvalue weighted by Crippen LogP contribution is -2.50. The van der Waals surface area contributed by atoms with Crippen LogP contribution in [-0.4, -0.2) is 82.7 Å². The van der Waals surface area contributed by atoms with Crippen molar-refractivity contribution in [3.8, 4) is 16.9 Å². The van der Waals surface area contributed by atoms with Gasteiger partial charge in [-0.05, 0) is 63.2 Å². The summed E-state index contributed by atoms with van der Waals surface area (Å²) in [6.45, 7) is 9.88. The van der Waals surface area contributed by atoms with Gasteiger partial charge in [-0.2, -0.15) is 5.10 Å². The van der Waals surface area contributed by atoms with Crippen LogP contribution < -0.4 is 0 Å². The number of carbonyl (C=O) groups is 1. The molecule has 0 N–H and O–H groups in total. The highest BCUT2D eigenvalue weighted by Gasteiger charge is 2.27. The molecule has 3 heterocycles. The largest absolute Gasteiger partial charge is 0.336 e. The first-order valence-electron chi connectivity index (χ1n) is 12.2. The number of nitrogens with zero attached hydrogens (tertiary/aromatic N) is 5. The molecule has 1 amide bonds. The van der Waals surface area contributed by atoms with Gasteiger partial charge in [-0.1, -0.05) is 23.8 Å². The Kier molecular flexibility index (Phi) is 6.74. The van der Waals surface area contributed by atoms with E-state index in [1.807, 2.05) is 36.1 Å². The van der Waals surface area contributed by atoms with Gasteiger partial charge in [0, 0.05) is 51.0 Å². The average molecular weight is 462 g/mol. The van der Waals surface area contributed by atoms with Gasteiger partial charge in [-0.25, -0.2) is 9.07 Å². The Morgan fingerprint density at radius 3 is 2.26 bits per heavy atom. The molecule has 178 valence electrons. The van der Waals surface area contributed by atoms with Crippen LogP contribution in [0.5, 0.6) is 0 Å². The number of piperazine rings is 1. The number of aromatic nitrogens is 2. The van der Waals surface area contributed by atoms with Crippen molar-refractivity contribution in [1.82, 2.24) is 24.5 Å². The van der Waals surface area contributed by atoms with E-state index in [2.05, 4.69) is 9.80 Å². The van der Waals surface area contributed by atoms with Crippen molar-refractivity contribution in [1.29, 1.82) is 0 Å². The number of aryl methyl sites for hydroxylation is 1. The van der Waals surface area contributed by atoms with Gasteiger partial charge in [0.25, 0.3) is 5.91 Å². The molecule has 2 saturated heterocycles. The molecule has 2 fully saturated rings. The number of hydrogen-bond donors (Lipinski definition) is 0. The van der Waals surface area contributed by atoms with Crippen LogP contribution in [-0.2, 0) is 0 Å². The standard InChI is InChI=1S/C27H32FN5O/c1-21-5-4-6-22(19-21)26-25(20-33(29-26)24-9-7-23(28)8-10-24)27(34)32-17-15-31(16-18-32)14-13-30-11-2-3-12-30/h4-10,19-20H,2-3,11-18H2,1H3. The molecule has 2 aliphatic rings. The highest BCUT2D eigenvalue weighted by atomic mass is 19.1. The molecule has 0 unspecified atom stereocenters. The van der Waals surface area contributed by atoms with Crippen molar-refractivity contribution in [2.75, 3.05) is 52.4 Å². The number of rotatable bonds is 6. The SMILES string of the molecule is Cc1cccc(-c2nn(-c3ccc(F)cc3)cc2C(=O)N2CCN(CCN3CCCC3)CC2)c1. The van der Waals surface area contributed by atoms with Gasteiger partial charge in [0.1, 0.15) is 11.5 Å². The monoisotopic (exact) mass is 461 g/mol. The number of hydrogen-bond acceptors (Lipinski definition) is 4. The van der Waals surface area contributed by atoms with Crippen molar-refractivity contribution >= 4 is 5.91 Å². The Morgan fingerprint density at radius 2 is 1.59 bits per heavy atom. The Morgan fingerprint density at radius 1 is 0.912 bits per heavy atom. The zero-order chi connectivity index (χ0) is 23.5. The first-order chi connectivity index (χ1) is 16.6. The third kappa shape index (κ3) is 5.05. The lowest BCUT2D eigenvalue weighted by Gasteiger charge is -2.35. The summed E-state index contributed by atoms with van der Waals surface area (Å²) >= 11 is 0. The van der Waals surface area contributed by atoms with Gasteiger partial charge >= 0.3 is 0 Å². The van der Waals surface area contributed by atoms with E-state index >= 15 is 0 Å². The van der Waals surface area contributed by atoms with Crippen LogP contribution in [0, 0.1) is 12.7 Å². The van der Waals surface area contributed by atoms with Crippen molar-refractivity contribution in [3.05, 3.63) is 71.7 Å². The van der Waals surface area contributed by atoms with Gasteiger partial charge in [0.05, 0.1) is 11.3 Å². The molecule has 5 rings (SSSR count). The smallest absolute Gasteiger partial charge is 0.257 e. The van der Waals surface area contributed by atoms with Crippen LogP contribution in [0.2, 0.25) is 0 Å². The van der Waals surface area contributed by atoms with E-state index in [0.717, 1.165) is 43.0 Å². The van der Waals surface area contributed by atoms with Crippen LogP contribution in [0.25, 0.3) is 16.9 Å². The fourth-order valence-corrected chi connectivity index (χ4v) is 4.90. The average Bonchev–Trinajstić information content (AvgIpc) is 3.54. The second kappa shape index (κ2) is 10.1. The number of benzene rings is 2. The highest BCUT2D eigenvalue weighted by molar-refractivity contribution is 6.00. The van der Waals surface area contributed by atoms with Gasteiger partial charge < -0.3 is 9.80 Å². The van der Waals surface area contributed by atoms with Crippen LogP contribution in [0.15, 0.2) is 54.7 Å². The van der Waals surface area contributed by atoms with E-state index in [9.17, 15) is 9.18 Å². The molecule has 0 spiro atoms. The third-order valence-corrected chi connectivity index (χ3v) is 6.92. The van der Waals surface area contributed by atoms with Crippen molar-refractivity contribution in [2.24, 2.45) is 0 Å². The minimum atomic E-state index is -0.297. The summed E-state index contributed by atoms with van der Waals surface area (Å²) < 4.78 is 15.1. The molecule has 0 saturated carbocycles. The van der Waals surface area contributed by atoms with E-state index < -0.39 is 0 Å². The van der Waals surface area contributed by atoms with Crippen LogP contribution >= 0.6 is 0 Å². The number of carbonyl (C=O) groups excluding carboxylic acids is 1. The number of likely N-dealkylation sites (tertiary alicyclic amines) is 1. The van der Waals surface area contributed by atoms with E-state index in [4.69, 9.17) is 5.10 Å². The Hall–Kier alpha value is -3.03. The topological polar surface area (TPSA) is 44.6 Å². The summed E-state index contributed by atoms with van der Waals surface area (Å²) in [5.74, 6) is -0.294. The summed E-state index contributed by atoms with van der Waals surface area (Å²) in [7, 11) is 0. The van der Waals surface area contributed by atoms with Gasteiger partial charge in [0.2, 0.25) is 0 Å². The van der Waals surface area contributed by atoms with Crippen molar-refractivity contribution < 1.29 is 9.18 Å². The minimum Gasteiger partial charge on any atom is -0.336 e. The highest BCUT2D eigenvalue weighted by Crippen LogP contribution is 2.26. The Bertz CT molecular complexity index is 1130. The van der Waals surface area contributed by atoms with E-state index in [-0.39, 0.29) is 11.7 Å². The molecule has 6 nitrogen and oxygen atoms in total. The van der Waals surface area contributed by atoms with Crippen LogP contribution in [0.3, 0.4) is 0 Å². The molecule has 1 aromatic heterocycles. The molecular weight excluding hydrogens is 429 g/mol. The minimum absolute atomic E-state index is 0.00376. The Balaban J connectivity index is 1.34. The summed E-state index contributed by atoms with van der Waals surface area (Å²) in [5, 5.41) is 4.76. The van der Waals surface area contributed by atoms with E-state index in [0.29, 0.717) is 24.3 Å². The maximum atomic E-state index is 13.6. The summed E-state index contributed by atoms with van der Waals surface area (Å²) in [6.07, 6.45) is 4.42. The quantitative estimate of drug-likeness (QED) is 0.560. The van der Waals surface area contributed by atoms with E-state index in [1.165, 1.54) is 38.1 Å². The molecule has 0 radical (unpaired) electrons. The maximum absolute atomic E-state index is 13.6. The lowest BCUT2D eigenvalue weighted by atomic mass is 10.0. The molecule has 0 atom stereocenters. The molecule has 0 aliphatic carbocycles. The second-order valence-corrected chi connectivity index (χ2v) is 9.36. The zero-order valence-electron chi connectivity index (χ0n) is 19.8. The van der Waals surface area contributed by atoms with E-state index in [1.54, 1.807) is 23.0 Å². The van der Waals surface area contributed by atoms with Gasteiger partial charge in [0.15, 0.2) is 0 Å². The summed E-state index contributed by atoms with van der Waals surface area (Å²) in [4.78, 5) is 20.6. The maximum Gasteiger partial charge on any atom is 0.257 e. The molecular formula is C27H32FN5O. The fourth-order valence-electron chi connectivity index (χ4n) is 4.90. The van der Waals surface area contributed by atoms with Gasteiger partial charge in [-0.3, -0.25) is 9.69 Å². The fraction of sp³-hybridized carbons (Fsp3) is 0.407. The second-order valence-electron chi connectivity index (χ2n) is 9.36. The molecule has 2 aromatic carbocycles. The number of halogens is 1. The molecule has 34 heavy (non-hydrogen) atoms. The molecule has 7 heteroatoms. The Labute approximate surface area is 200 Å². The molecule has 0 bridgehead atoms. The summed E-state index contributed by atoms with van der Waals surface area (Å²) in [5.41, 5.74) is 3.99. The first-order valence-corrected chi connectivity index (χ1v) is 12.2. The van der Waals surface area contributed by atoms with Gasteiger partial charge in [-0.15, -0.1) is 0 Å². The predicted octanol–water partition coefficient (Wildman–Crippen LogP) is 3.84. The zero-order valence-corrected chi connectivity index (χ0v) is 19.8. The summed E-state index contributed by atoms with van der Waals surface area (Å²) in [6, 6.07) is 14.2. The first kappa shape index (κ1) is 22.7. The van der Waals surface area contributed by atoms with Crippen LogP contribution in [0.4, 0.5) is 4.39 Å². The lowest BCUT2D eigenvalue weighted by molar-refractivity contribution is 0.0627. The molecule has 3 aromatic rings.